The van der Waals surface area contributed by atoms with Crippen molar-refractivity contribution in [1.29, 1.82) is 5.26 Å². The summed E-state index contributed by atoms with van der Waals surface area (Å²) >= 11 is 9.46. The standard InChI is InChI=1S/C18H13BrClN5O/c1-10-7-13(19)8-11(2)15(10)26-18-24-16(20)23-17(25-18)22-14-5-3-12(9-21)4-6-14/h3-8H,1-2H3,(H,22,23,24,25). The minimum atomic E-state index is 0.0126. The maximum Gasteiger partial charge on any atom is 0.328 e. The molecule has 0 aliphatic rings. The molecular weight excluding hydrogens is 418 g/mol. The third-order valence-electron chi connectivity index (χ3n) is 3.48. The van der Waals surface area contributed by atoms with Gasteiger partial charge in [0.05, 0.1) is 11.6 Å². The number of anilines is 2. The van der Waals surface area contributed by atoms with E-state index in [-0.39, 0.29) is 17.2 Å². The molecule has 130 valence electrons. The molecule has 3 rings (SSSR count). The number of hydrogen-bond donors (Lipinski definition) is 1. The van der Waals surface area contributed by atoms with Gasteiger partial charge in [0.15, 0.2) is 0 Å². The van der Waals surface area contributed by atoms with Gasteiger partial charge in [-0.25, -0.2) is 0 Å². The van der Waals surface area contributed by atoms with Crippen LogP contribution >= 0.6 is 27.5 Å². The van der Waals surface area contributed by atoms with E-state index in [0.717, 1.165) is 15.6 Å². The third kappa shape index (κ3) is 4.28. The second-order valence-corrected chi connectivity index (χ2v) is 6.75. The van der Waals surface area contributed by atoms with E-state index in [2.05, 4.69) is 42.3 Å². The Kier molecular flexibility index (Phi) is 5.35. The fraction of sp³-hybridized carbons (Fsp3) is 0.111. The lowest BCUT2D eigenvalue weighted by atomic mass is 10.1. The van der Waals surface area contributed by atoms with Crippen molar-refractivity contribution in [3.63, 3.8) is 0 Å². The van der Waals surface area contributed by atoms with Crippen molar-refractivity contribution in [1.82, 2.24) is 15.0 Å². The van der Waals surface area contributed by atoms with Crippen molar-refractivity contribution in [2.75, 3.05) is 5.32 Å². The third-order valence-corrected chi connectivity index (χ3v) is 4.10. The number of hydrogen-bond acceptors (Lipinski definition) is 6. The normalized spacial score (nSPS) is 10.3. The van der Waals surface area contributed by atoms with Crippen molar-refractivity contribution in [2.45, 2.75) is 13.8 Å². The highest BCUT2D eigenvalue weighted by Gasteiger charge is 2.12. The summed E-state index contributed by atoms with van der Waals surface area (Å²) in [7, 11) is 0. The molecule has 0 aliphatic heterocycles. The first kappa shape index (κ1) is 18.1. The zero-order valence-electron chi connectivity index (χ0n) is 13.9. The Balaban J connectivity index is 1.87. The van der Waals surface area contributed by atoms with Crippen molar-refractivity contribution in [3.8, 4) is 17.8 Å². The Hall–Kier alpha value is -2.69. The molecule has 0 radical (unpaired) electrons. The van der Waals surface area contributed by atoms with Gasteiger partial charge in [-0.2, -0.15) is 20.2 Å². The van der Waals surface area contributed by atoms with Crippen LogP contribution in [0.5, 0.6) is 11.8 Å². The molecule has 0 aliphatic carbocycles. The predicted molar refractivity (Wildman–Crippen MR) is 103 cm³/mol. The first-order valence-corrected chi connectivity index (χ1v) is 8.75. The first-order chi connectivity index (χ1) is 12.4. The Labute approximate surface area is 164 Å². The SMILES string of the molecule is Cc1cc(Br)cc(C)c1Oc1nc(Cl)nc(Nc2ccc(C#N)cc2)n1. The fourth-order valence-electron chi connectivity index (χ4n) is 2.34. The van der Waals surface area contributed by atoms with Gasteiger partial charge in [0, 0.05) is 10.2 Å². The lowest BCUT2D eigenvalue weighted by molar-refractivity contribution is 0.434. The summed E-state index contributed by atoms with van der Waals surface area (Å²) in [5.74, 6) is 0.914. The van der Waals surface area contributed by atoms with E-state index in [1.807, 2.05) is 26.0 Å². The van der Waals surface area contributed by atoms with Crippen LogP contribution in [0, 0.1) is 25.2 Å². The van der Waals surface area contributed by atoms with Gasteiger partial charge in [0.1, 0.15) is 5.75 Å². The quantitative estimate of drug-likeness (QED) is 0.603. The molecule has 3 aromatic rings. The smallest absolute Gasteiger partial charge is 0.328 e. The number of nitriles is 1. The second kappa shape index (κ2) is 7.68. The van der Waals surface area contributed by atoms with Crippen LogP contribution in [0.1, 0.15) is 16.7 Å². The van der Waals surface area contributed by atoms with Gasteiger partial charge >= 0.3 is 6.01 Å². The van der Waals surface area contributed by atoms with Crippen LogP contribution in [0.3, 0.4) is 0 Å². The zero-order chi connectivity index (χ0) is 18.7. The van der Waals surface area contributed by atoms with Gasteiger partial charge in [0.25, 0.3) is 0 Å². The summed E-state index contributed by atoms with van der Waals surface area (Å²) in [6, 6.07) is 12.9. The number of ether oxygens (including phenoxy) is 1. The fourth-order valence-corrected chi connectivity index (χ4v) is 3.18. The lowest BCUT2D eigenvalue weighted by Gasteiger charge is -2.12. The highest BCUT2D eigenvalue weighted by molar-refractivity contribution is 9.10. The van der Waals surface area contributed by atoms with Crippen molar-refractivity contribution >= 4 is 39.2 Å². The molecule has 0 unspecified atom stereocenters. The number of rotatable bonds is 4. The molecule has 0 bridgehead atoms. The zero-order valence-corrected chi connectivity index (χ0v) is 16.3. The molecular formula is C18H13BrClN5O. The van der Waals surface area contributed by atoms with E-state index in [1.54, 1.807) is 24.3 Å². The van der Waals surface area contributed by atoms with Crippen LogP contribution in [-0.2, 0) is 0 Å². The van der Waals surface area contributed by atoms with Gasteiger partial charge < -0.3 is 10.1 Å². The molecule has 1 heterocycles. The Bertz CT molecular complexity index is 978. The first-order valence-electron chi connectivity index (χ1n) is 7.58. The molecule has 1 N–H and O–H groups in total. The maximum absolute atomic E-state index is 8.85. The molecule has 26 heavy (non-hydrogen) atoms. The van der Waals surface area contributed by atoms with Crippen molar-refractivity contribution < 1.29 is 4.74 Å². The average molecular weight is 431 g/mol. The molecule has 1 aromatic heterocycles. The highest BCUT2D eigenvalue weighted by atomic mass is 79.9. The molecule has 0 saturated heterocycles. The molecule has 8 heteroatoms. The summed E-state index contributed by atoms with van der Waals surface area (Å²) in [6.45, 7) is 3.87. The number of aryl methyl sites for hydroxylation is 2. The number of nitrogens with zero attached hydrogens (tertiary/aromatic N) is 4. The topological polar surface area (TPSA) is 83.7 Å². The summed E-state index contributed by atoms with van der Waals surface area (Å²) in [5.41, 5.74) is 3.16. The van der Waals surface area contributed by atoms with Crippen molar-refractivity contribution in [2.24, 2.45) is 0 Å². The molecule has 0 saturated carbocycles. The van der Waals surface area contributed by atoms with Gasteiger partial charge in [0.2, 0.25) is 11.2 Å². The average Bonchev–Trinajstić information content (AvgIpc) is 2.58. The van der Waals surface area contributed by atoms with Gasteiger partial charge in [-0.05, 0) is 73.0 Å². The van der Waals surface area contributed by atoms with E-state index in [9.17, 15) is 0 Å². The largest absolute Gasteiger partial charge is 0.424 e. The monoisotopic (exact) mass is 429 g/mol. The highest BCUT2D eigenvalue weighted by Crippen LogP contribution is 2.30. The summed E-state index contributed by atoms with van der Waals surface area (Å²) in [4.78, 5) is 12.3. The van der Waals surface area contributed by atoms with E-state index in [4.69, 9.17) is 21.6 Å². The number of halogens is 2. The molecule has 0 spiro atoms. The Morgan fingerprint density at radius 1 is 1.08 bits per heavy atom. The van der Waals surface area contributed by atoms with Crippen LogP contribution < -0.4 is 10.1 Å². The second-order valence-electron chi connectivity index (χ2n) is 5.50. The van der Waals surface area contributed by atoms with E-state index in [1.165, 1.54) is 0 Å². The van der Waals surface area contributed by atoms with Crippen LogP contribution in [0.15, 0.2) is 40.9 Å². The Morgan fingerprint density at radius 2 is 1.73 bits per heavy atom. The Morgan fingerprint density at radius 3 is 2.35 bits per heavy atom. The van der Waals surface area contributed by atoms with Gasteiger partial charge in [-0.1, -0.05) is 15.9 Å². The number of nitrogens with one attached hydrogen (secondary N) is 1. The van der Waals surface area contributed by atoms with Crippen LogP contribution in [0.2, 0.25) is 5.28 Å². The number of aromatic nitrogens is 3. The summed E-state index contributed by atoms with van der Waals surface area (Å²) in [5, 5.41) is 11.9. The molecule has 6 nitrogen and oxygen atoms in total. The minimum Gasteiger partial charge on any atom is -0.424 e. The van der Waals surface area contributed by atoms with Crippen LogP contribution in [0.4, 0.5) is 11.6 Å². The van der Waals surface area contributed by atoms with E-state index < -0.39 is 0 Å². The van der Waals surface area contributed by atoms with Crippen LogP contribution in [0.25, 0.3) is 0 Å². The van der Waals surface area contributed by atoms with Gasteiger partial charge in [-0.15, -0.1) is 0 Å². The molecule has 0 amide bonds. The van der Waals surface area contributed by atoms with Crippen molar-refractivity contribution in [3.05, 3.63) is 62.8 Å². The molecule has 0 fully saturated rings. The molecule has 0 atom stereocenters. The minimum absolute atomic E-state index is 0.0126. The molecule has 2 aromatic carbocycles. The summed E-state index contributed by atoms with van der Waals surface area (Å²) < 4.78 is 6.81. The van der Waals surface area contributed by atoms with E-state index in [0.29, 0.717) is 17.0 Å². The van der Waals surface area contributed by atoms with Crippen LogP contribution in [-0.4, -0.2) is 15.0 Å². The summed E-state index contributed by atoms with van der Waals surface area (Å²) in [6.07, 6.45) is 0. The lowest BCUT2D eigenvalue weighted by Crippen LogP contribution is -2.02. The number of benzene rings is 2. The maximum atomic E-state index is 8.85. The van der Waals surface area contributed by atoms with E-state index >= 15 is 0 Å². The van der Waals surface area contributed by atoms with Gasteiger partial charge in [-0.3, -0.25) is 0 Å². The predicted octanol–water partition coefficient (Wildman–Crippen LogP) is 5.31.